The van der Waals surface area contributed by atoms with E-state index in [0.29, 0.717) is 0 Å². The number of anilines is 1. The number of rotatable bonds is 5. The molecule has 0 aliphatic carbocycles. The normalized spacial score (nSPS) is 10.7. The second kappa shape index (κ2) is 7.15. The number of aryl methyl sites for hydroxylation is 1. The minimum Gasteiger partial charge on any atom is -0.398 e. The molecular formula is C22H23N. The highest BCUT2D eigenvalue weighted by molar-refractivity contribution is 5.88. The Morgan fingerprint density at radius 3 is 1.91 bits per heavy atom. The maximum absolute atomic E-state index is 6.47. The van der Waals surface area contributed by atoms with E-state index < -0.39 is 0 Å². The largest absolute Gasteiger partial charge is 0.398 e. The fourth-order valence-electron chi connectivity index (χ4n) is 2.92. The summed E-state index contributed by atoms with van der Waals surface area (Å²) >= 11 is 0. The monoisotopic (exact) mass is 301 g/mol. The summed E-state index contributed by atoms with van der Waals surface area (Å²) in [7, 11) is 0. The first kappa shape index (κ1) is 15.4. The van der Waals surface area contributed by atoms with E-state index in [-0.39, 0.29) is 0 Å². The number of para-hydroxylation sites is 1. The molecule has 0 amide bonds. The van der Waals surface area contributed by atoms with Crippen molar-refractivity contribution >= 4 is 5.69 Å². The molecule has 23 heavy (non-hydrogen) atoms. The molecule has 0 saturated carbocycles. The van der Waals surface area contributed by atoms with Crippen LogP contribution in [0.15, 0.2) is 72.8 Å². The van der Waals surface area contributed by atoms with Crippen molar-refractivity contribution < 1.29 is 0 Å². The summed E-state index contributed by atoms with van der Waals surface area (Å²) < 4.78 is 0. The molecule has 3 rings (SSSR count). The van der Waals surface area contributed by atoms with Crippen molar-refractivity contribution in [3.63, 3.8) is 0 Å². The van der Waals surface area contributed by atoms with Crippen molar-refractivity contribution in [1.29, 1.82) is 0 Å². The lowest BCUT2D eigenvalue weighted by atomic mass is 9.95. The van der Waals surface area contributed by atoms with Crippen LogP contribution in [-0.2, 0) is 6.42 Å². The Morgan fingerprint density at radius 1 is 0.696 bits per heavy atom. The molecule has 0 atom stereocenters. The number of hydrogen-bond donors (Lipinski definition) is 1. The van der Waals surface area contributed by atoms with Gasteiger partial charge in [0.25, 0.3) is 0 Å². The van der Waals surface area contributed by atoms with E-state index in [9.17, 15) is 0 Å². The second-order valence-electron chi connectivity index (χ2n) is 5.93. The van der Waals surface area contributed by atoms with E-state index in [1.807, 2.05) is 18.2 Å². The van der Waals surface area contributed by atoms with Crippen molar-refractivity contribution in [2.75, 3.05) is 5.73 Å². The predicted molar refractivity (Wildman–Crippen MR) is 100 cm³/mol. The molecular weight excluding hydrogens is 278 g/mol. The molecule has 0 heterocycles. The van der Waals surface area contributed by atoms with Crippen molar-refractivity contribution in [3.05, 3.63) is 78.4 Å². The van der Waals surface area contributed by atoms with Gasteiger partial charge in [0.15, 0.2) is 0 Å². The molecule has 0 aromatic heterocycles. The van der Waals surface area contributed by atoms with Crippen molar-refractivity contribution in [2.45, 2.75) is 26.2 Å². The summed E-state index contributed by atoms with van der Waals surface area (Å²) in [6.45, 7) is 2.23. The van der Waals surface area contributed by atoms with Crippen LogP contribution in [0.5, 0.6) is 0 Å². The van der Waals surface area contributed by atoms with E-state index in [0.717, 1.165) is 28.8 Å². The Balaban J connectivity index is 1.94. The van der Waals surface area contributed by atoms with Crippen LogP contribution in [0.3, 0.4) is 0 Å². The van der Waals surface area contributed by atoms with Gasteiger partial charge in [-0.1, -0.05) is 86.1 Å². The van der Waals surface area contributed by atoms with Gasteiger partial charge >= 0.3 is 0 Å². The quantitative estimate of drug-likeness (QED) is 0.579. The fraction of sp³-hybridized carbons (Fsp3) is 0.182. The molecule has 2 N–H and O–H groups in total. The van der Waals surface area contributed by atoms with Crippen LogP contribution in [-0.4, -0.2) is 0 Å². The van der Waals surface area contributed by atoms with Crippen LogP contribution >= 0.6 is 0 Å². The maximum Gasteiger partial charge on any atom is 0.0473 e. The molecule has 0 saturated heterocycles. The summed E-state index contributed by atoms with van der Waals surface area (Å²) in [4.78, 5) is 0. The molecule has 3 aromatic carbocycles. The van der Waals surface area contributed by atoms with Gasteiger partial charge in [-0.2, -0.15) is 0 Å². The standard InChI is InChI=1S/C22H23N/c1-2-3-8-17-13-15-19(16-14-17)21-12-7-11-20(22(21)23)18-9-5-4-6-10-18/h4-7,9-16H,2-3,8,23H2,1H3. The smallest absolute Gasteiger partial charge is 0.0473 e. The molecule has 116 valence electrons. The third-order valence-corrected chi connectivity index (χ3v) is 4.27. The van der Waals surface area contributed by atoms with Gasteiger partial charge in [0.05, 0.1) is 0 Å². The first-order chi connectivity index (χ1) is 11.3. The molecule has 0 fully saturated rings. The minimum absolute atomic E-state index is 0.847. The topological polar surface area (TPSA) is 26.0 Å². The average Bonchev–Trinajstić information content (AvgIpc) is 2.61. The Morgan fingerprint density at radius 2 is 1.30 bits per heavy atom. The van der Waals surface area contributed by atoms with Gasteiger partial charge in [-0.25, -0.2) is 0 Å². The van der Waals surface area contributed by atoms with E-state index in [4.69, 9.17) is 5.73 Å². The minimum atomic E-state index is 0.847. The lowest BCUT2D eigenvalue weighted by Crippen LogP contribution is -1.94. The molecule has 0 aliphatic heterocycles. The van der Waals surface area contributed by atoms with E-state index >= 15 is 0 Å². The van der Waals surface area contributed by atoms with Crippen molar-refractivity contribution in [1.82, 2.24) is 0 Å². The van der Waals surface area contributed by atoms with Crippen LogP contribution in [0.1, 0.15) is 25.3 Å². The van der Waals surface area contributed by atoms with Gasteiger partial charge in [-0.15, -0.1) is 0 Å². The number of benzene rings is 3. The Labute approximate surface area is 138 Å². The molecule has 1 heteroatoms. The summed E-state index contributed by atoms with van der Waals surface area (Å²) in [6, 6.07) is 25.4. The Hall–Kier alpha value is -2.54. The van der Waals surface area contributed by atoms with Gasteiger partial charge in [-0.05, 0) is 29.5 Å². The van der Waals surface area contributed by atoms with Gasteiger partial charge in [0, 0.05) is 16.8 Å². The van der Waals surface area contributed by atoms with Crippen molar-refractivity contribution in [3.8, 4) is 22.3 Å². The molecule has 0 unspecified atom stereocenters. The zero-order valence-electron chi connectivity index (χ0n) is 13.6. The number of nitrogens with two attached hydrogens (primary N) is 1. The van der Waals surface area contributed by atoms with Crippen LogP contribution < -0.4 is 5.73 Å². The zero-order chi connectivity index (χ0) is 16.1. The zero-order valence-corrected chi connectivity index (χ0v) is 13.6. The first-order valence-corrected chi connectivity index (χ1v) is 8.33. The molecule has 3 aromatic rings. The lowest BCUT2D eigenvalue weighted by molar-refractivity contribution is 0.795. The van der Waals surface area contributed by atoms with Crippen LogP contribution in [0, 0.1) is 0 Å². The molecule has 1 nitrogen and oxygen atoms in total. The SMILES string of the molecule is CCCCc1ccc(-c2cccc(-c3ccccc3)c2N)cc1. The summed E-state index contributed by atoms with van der Waals surface area (Å²) in [5.41, 5.74) is 13.2. The van der Waals surface area contributed by atoms with Crippen molar-refractivity contribution in [2.24, 2.45) is 0 Å². The third-order valence-electron chi connectivity index (χ3n) is 4.27. The number of nitrogen functional groups attached to an aromatic ring is 1. The van der Waals surface area contributed by atoms with E-state index in [1.54, 1.807) is 0 Å². The predicted octanol–water partition coefficient (Wildman–Crippen LogP) is 5.95. The lowest BCUT2D eigenvalue weighted by Gasteiger charge is -2.12. The van der Waals surface area contributed by atoms with Crippen LogP contribution in [0.2, 0.25) is 0 Å². The van der Waals surface area contributed by atoms with Gasteiger partial charge in [0.1, 0.15) is 0 Å². The number of hydrogen-bond acceptors (Lipinski definition) is 1. The Bertz CT molecular complexity index is 758. The first-order valence-electron chi connectivity index (χ1n) is 8.33. The highest BCUT2D eigenvalue weighted by Crippen LogP contribution is 2.34. The van der Waals surface area contributed by atoms with E-state index in [1.165, 1.54) is 24.0 Å². The highest BCUT2D eigenvalue weighted by atomic mass is 14.6. The summed E-state index contributed by atoms with van der Waals surface area (Å²) in [5.74, 6) is 0. The average molecular weight is 301 g/mol. The highest BCUT2D eigenvalue weighted by Gasteiger charge is 2.08. The third kappa shape index (κ3) is 3.45. The summed E-state index contributed by atoms with van der Waals surface area (Å²) in [6.07, 6.45) is 3.62. The van der Waals surface area contributed by atoms with Gasteiger partial charge in [0.2, 0.25) is 0 Å². The van der Waals surface area contributed by atoms with Crippen LogP contribution in [0.25, 0.3) is 22.3 Å². The fourth-order valence-corrected chi connectivity index (χ4v) is 2.92. The molecule has 0 radical (unpaired) electrons. The molecule has 0 bridgehead atoms. The van der Waals surface area contributed by atoms with Gasteiger partial charge in [-0.3, -0.25) is 0 Å². The van der Waals surface area contributed by atoms with Gasteiger partial charge < -0.3 is 5.73 Å². The van der Waals surface area contributed by atoms with Crippen LogP contribution in [0.4, 0.5) is 5.69 Å². The second-order valence-corrected chi connectivity index (χ2v) is 5.93. The van der Waals surface area contributed by atoms with E-state index in [2.05, 4.69) is 61.5 Å². The maximum atomic E-state index is 6.47. The Kier molecular flexibility index (Phi) is 4.77. The number of unbranched alkanes of at least 4 members (excludes halogenated alkanes) is 1. The molecule has 0 aliphatic rings. The summed E-state index contributed by atoms with van der Waals surface area (Å²) in [5, 5.41) is 0. The molecule has 0 spiro atoms.